The minimum Gasteiger partial charge on any atom is -0.338 e. The number of hydrogen-bond acceptors (Lipinski definition) is 5. The Labute approximate surface area is 161 Å². The Morgan fingerprint density at radius 3 is 3.00 bits per heavy atom. The monoisotopic (exact) mass is 382 g/mol. The van der Waals surface area contributed by atoms with Crippen molar-refractivity contribution >= 4 is 17.7 Å². The van der Waals surface area contributed by atoms with E-state index in [0.29, 0.717) is 37.4 Å². The number of amides is 2. The van der Waals surface area contributed by atoms with E-state index in [1.54, 1.807) is 15.9 Å². The van der Waals surface area contributed by atoms with Gasteiger partial charge in [0, 0.05) is 25.4 Å². The first kappa shape index (κ1) is 18.2. The van der Waals surface area contributed by atoms with Gasteiger partial charge in [-0.2, -0.15) is 5.26 Å². The molecule has 4 rings (SSSR count). The van der Waals surface area contributed by atoms with E-state index in [9.17, 15) is 14.0 Å². The van der Waals surface area contributed by atoms with Crippen LogP contribution in [-0.4, -0.2) is 34.5 Å². The van der Waals surface area contributed by atoms with Crippen molar-refractivity contribution in [1.82, 2.24) is 10.1 Å². The zero-order chi connectivity index (χ0) is 19.8. The zero-order valence-electron chi connectivity index (χ0n) is 15.4. The van der Waals surface area contributed by atoms with E-state index in [0.717, 1.165) is 17.7 Å². The summed E-state index contributed by atoms with van der Waals surface area (Å²) in [6, 6.07) is 5.83. The molecule has 0 radical (unpaired) electrons. The van der Waals surface area contributed by atoms with E-state index in [-0.39, 0.29) is 29.8 Å². The van der Waals surface area contributed by atoms with Crippen LogP contribution in [0.25, 0.3) is 0 Å². The molecule has 1 atom stereocenters. The number of carbonyl (C=O) groups excluding carboxylic acids is 2. The number of nitrogens with zero attached hydrogens (tertiary/aromatic N) is 4. The smallest absolute Gasteiger partial charge is 0.239 e. The average Bonchev–Trinajstić information content (AvgIpc) is 3.27. The summed E-state index contributed by atoms with van der Waals surface area (Å²) >= 11 is 0. The Morgan fingerprint density at radius 1 is 1.46 bits per heavy atom. The molecular formula is C20H19FN4O3. The first-order chi connectivity index (χ1) is 13.5. The largest absolute Gasteiger partial charge is 0.338 e. The number of anilines is 1. The lowest BCUT2D eigenvalue weighted by Gasteiger charge is -2.33. The van der Waals surface area contributed by atoms with Crippen LogP contribution in [0.5, 0.6) is 0 Å². The summed E-state index contributed by atoms with van der Waals surface area (Å²) in [6.45, 7) is 2.84. The standard InChI is InChI=1S/C20H19FN4O3/c1-12-7-17-15(20(28-23-17)24-6-2-3-18(24)26)11-25(12)19(27)9-13-4-5-16(21)14(8-13)10-22/h4-5,8,12H,2-3,6-7,9,11H2,1H3/t12-/m0/s1. The number of rotatable bonds is 3. The predicted octanol–water partition coefficient (Wildman–Crippen LogP) is 2.33. The molecule has 7 nitrogen and oxygen atoms in total. The maximum atomic E-state index is 13.5. The molecule has 1 saturated heterocycles. The number of benzene rings is 1. The van der Waals surface area contributed by atoms with Crippen LogP contribution < -0.4 is 4.90 Å². The lowest BCUT2D eigenvalue weighted by Crippen LogP contribution is -2.43. The quantitative estimate of drug-likeness (QED) is 0.813. The molecule has 0 aliphatic carbocycles. The maximum absolute atomic E-state index is 13.5. The van der Waals surface area contributed by atoms with Gasteiger partial charge in [-0.15, -0.1) is 0 Å². The maximum Gasteiger partial charge on any atom is 0.239 e. The Bertz CT molecular complexity index is 994. The van der Waals surface area contributed by atoms with Gasteiger partial charge in [0.05, 0.1) is 29.8 Å². The Morgan fingerprint density at radius 2 is 2.29 bits per heavy atom. The number of hydrogen-bond donors (Lipinski definition) is 0. The van der Waals surface area contributed by atoms with Crippen molar-refractivity contribution in [2.45, 2.75) is 45.2 Å². The van der Waals surface area contributed by atoms with Crippen molar-refractivity contribution < 1.29 is 18.5 Å². The van der Waals surface area contributed by atoms with Crippen LogP contribution in [0.15, 0.2) is 22.7 Å². The van der Waals surface area contributed by atoms with E-state index >= 15 is 0 Å². The molecule has 2 aliphatic rings. The van der Waals surface area contributed by atoms with Gasteiger partial charge < -0.3 is 9.42 Å². The second-order valence-electron chi connectivity index (χ2n) is 7.24. The molecule has 1 fully saturated rings. The summed E-state index contributed by atoms with van der Waals surface area (Å²) in [4.78, 5) is 28.3. The molecule has 3 heterocycles. The highest BCUT2D eigenvalue weighted by molar-refractivity contribution is 5.94. The molecule has 144 valence electrons. The fraction of sp³-hybridized carbons (Fsp3) is 0.400. The highest BCUT2D eigenvalue weighted by atomic mass is 19.1. The summed E-state index contributed by atoms with van der Waals surface area (Å²) < 4.78 is 19.0. The summed E-state index contributed by atoms with van der Waals surface area (Å²) in [5, 5.41) is 13.1. The number of carbonyl (C=O) groups is 2. The van der Waals surface area contributed by atoms with Gasteiger partial charge >= 0.3 is 0 Å². The van der Waals surface area contributed by atoms with Crippen LogP contribution in [0.1, 0.15) is 42.1 Å². The Balaban J connectivity index is 1.55. The Hall–Kier alpha value is -3.21. The van der Waals surface area contributed by atoms with Crippen molar-refractivity contribution in [3.05, 3.63) is 46.4 Å². The lowest BCUT2D eigenvalue weighted by molar-refractivity contribution is -0.133. The molecule has 2 aromatic rings. The summed E-state index contributed by atoms with van der Waals surface area (Å²) in [5.41, 5.74) is 2.06. The third kappa shape index (κ3) is 3.13. The predicted molar refractivity (Wildman–Crippen MR) is 96.6 cm³/mol. The van der Waals surface area contributed by atoms with Crippen LogP contribution in [0.3, 0.4) is 0 Å². The van der Waals surface area contributed by atoms with Crippen molar-refractivity contribution in [2.75, 3.05) is 11.4 Å². The topological polar surface area (TPSA) is 90.4 Å². The molecule has 0 saturated carbocycles. The normalized spacial score (nSPS) is 18.9. The van der Waals surface area contributed by atoms with Gasteiger partial charge in [-0.3, -0.25) is 14.5 Å². The van der Waals surface area contributed by atoms with Crippen LogP contribution in [-0.2, 0) is 29.0 Å². The van der Waals surface area contributed by atoms with Gasteiger partial charge in [0.25, 0.3) is 0 Å². The second kappa shape index (κ2) is 7.08. The molecule has 8 heteroatoms. The van der Waals surface area contributed by atoms with E-state index in [1.807, 2.05) is 6.92 Å². The second-order valence-corrected chi connectivity index (χ2v) is 7.24. The van der Waals surface area contributed by atoms with Gasteiger partial charge in [-0.05, 0) is 31.0 Å². The molecule has 0 spiro atoms. The molecule has 0 N–H and O–H groups in total. The highest BCUT2D eigenvalue weighted by Crippen LogP contribution is 2.33. The summed E-state index contributed by atoms with van der Waals surface area (Å²) in [6.07, 6.45) is 1.87. The molecule has 2 amide bonds. The average molecular weight is 382 g/mol. The van der Waals surface area contributed by atoms with Crippen molar-refractivity contribution in [3.63, 3.8) is 0 Å². The van der Waals surface area contributed by atoms with Gasteiger partial charge in [-0.25, -0.2) is 4.39 Å². The van der Waals surface area contributed by atoms with Crippen LogP contribution in [0.2, 0.25) is 0 Å². The first-order valence-electron chi connectivity index (χ1n) is 9.23. The van der Waals surface area contributed by atoms with Crippen LogP contribution in [0, 0.1) is 17.1 Å². The van der Waals surface area contributed by atoms with Crippen LogP contribution in [0.4, 0.5) is 10.3 Å². The summed E-state index contributed by atoms with van der Waals surface area (Å²) in [5.74, 6) is -0.283. The Kier molecular flexibility index (Phi) is 4.59. The van der Waals surface area contributed by atoms with Gasteiger partial charge in [0.2, 0.25) is 17.7 Å². The number of nitriles is 1. The fourth-order valence-electron chi connectivity index (χ4n) is 3.82. The third-order valence-electron chi connectivity index (χ3n) is 5.34. The van der Waals surface area contributed by atoms with Crippen molar-refractivity contribution in [1.29, 1.82) is 5.26 Å². The molecule has 1 aromatic heterocycles. The molecule has 1 aromatic carbocycles. The van der Waals surface area contributed by atoms with Crippen LogP contribution >= 0.6 is 0 Å². The van der Waals surface area contributed by atoms with Gasteiger partial charge in [0.15, 0.2) is 0 Å². The third-order valence-corrected chi connectivity index (χ3v) is 5.34. The molecular weight excluding hydrogens is 363 g/mol. The number of aromatic nitrogens is 1. The molecule has 0 unspecified atom stereocenters. The van der Waals surface area contributed by atoms with Gasteiger partial charge in [-0.1, -0.05) is 11.2 Å². The van der Waals surface area contributed by atoms with E-state index in [2.05, 4.69) is 5.16 Å². The van der Waals surface area contributed by atoms with E-state index in [1.165, 1.54) is 18.2 Å². The number of halogens is 1. The SMILES string of the molecule is C[C@H]1Cc2noc(N3CCCC3=O)c2CN1C(=O)Cc1ccc(F)c(C#N)c1. The van der Waals surface area contributed by atoms with Crippen molar-refractivity contribution in [3.8, 4) is 6.07 Å². The molecule has 28 heavy (non-hydrogen) atoms. The number of fused-ring (bicyclic) bond motifs is 1. The van der Waals surface area contributed by atoms with Gasteiger partial charge in [0.1, 0.15) is 11.9 Å². The van der Waals surface area contributed by atoms with E-state index in [4.69, 9.17) is 9.78 Å². The van der Waals surface area contributed by atoms with Crippen molar-refractivity contribution in [2.24, 2.45) is 0 Å². The zero-order valence-corrected chi connectivity index (χ0v) is 15.4. The fourth-order valence-corrected chi connectivity index (χ4v) is 3.82. The molecule has 2 aliphatic heterocycles. The lowest BCUT2D eigenvalue weighted by atomic mass is 9.99. The highest BCUT2D eigenvalue weighted by Gasteiger charge is 2.35. The minimum atomic E-state index is -0.598. The van der Waals surface area contributed by atoms with E-state index < -0.39 is 5.82 Å². The molecule has 0 bridgehead atoms. The first-order valence-corrected chi connectivity index (χ1v) is 9.23. The summed E-state index contributed by atoms with van der Waals surface area (Å²) in [7, 11) is 0. The minimum absolute atomic E-state index is 0.00536.